The number of urea groups is 1. The highest BCUT2D eigenvalue weighted by Gasteiger charge is 2.26. The summed E-state index contributed by atoms with van der Waals surface area (Å²) in [5, 5.41) is 12.1. The van der Waals surface area contributed by atoms with Crippen LogP contribution in [-0.4, -0.2) is 34.3 Å². The molecular weight excluding hydrogens is 270 g/mol. The van der Waals surface area contributed by atoms with Crippen LogP contribution in [0.1, 0.15) is 5.56 Å². The van der Waals surface area contributed by atoms with Crippen LogP contribution in [0.5, 0.6) is 0 Å². The Kier molecular flexibility index (Phi) is 3.55. The molecule has 0 saturated carbocycles. The van der Waals surface area contributed by atoms with Crippen molar-refractivity contribution < 1.29 is 9.59 Å². The number of carbonyl (C=O) groups excluding carboxylic acids is 2. The standard InChI is InChI=1S/C14H15N5O2/c20-13(11-9-16-14(21)18-11)15-8-10-4-1-2-5-12(10)19-7-3-6-17-19/h1-7,11H,8-9H2,(H,15,20)(H2,16,18,21)/t11-/m0/s1. The fourth-order valence-corrected chi connectivity index (χ4v) is 2.21. The average Bonchev–Trinajstić information content (AvgIpc) is 3.16. The van der Waals surface area contributed by atoms with Crippen LogP contribution in [0.3, 0.4) is 0 Å². The molecule has 7 heteroatoms. The van der Waals surface area contributed by atoms with E-state index in [4.69, 9.17) is 0 Å². The van der Waals surface area contributed by atoms with Crippen molar-refractivity contribution in [2.24, 2.45) is 0 Å². The zero-order chi connectivity index (χ0) is 14.7. The zero-order valence-corrected chi connectivity index (χ0v) is 11.2. The lowest BCUT2D eigenvalue weighted by Crippen LogP contribution is -2.42. The number of hydrogen-bond acceptors (Lipinski definition) is 3. The fourth-order valence-electron chi connectivity index (χ4n) is 2.21. The molecule has 1 fully saturated rings. The molecule has 108 valence electrons. The highest BCUT2D eigenvalue weighted by molar-refractivity contribution is 5.90. The van der Waals surface area contributed by atoms with Gasteiger partial charge in [0.05, 0.1) is 5.69 Å². The Morgan fingerprint density at radius 2 is 2.24 bits per heavy atom. The van der Waals surface area contributed by atoms with Crippen molar-refractivity contribution in [3.8, 4) is 5.69 Å². The lowest BCUT2D eigenvalue weighted by Gasteiger charge is -2.13. The maximum Gasteiger partial charge on any atom is 0.315 e. The summed E-state index contributed by atoms with van der Waals surface area (Å²) in [6.45, 7) is 0.687. The Morgan fingerprint density at radius 3 is 2.95 bits per heavy atom. The van der Waals surface area contributed by atoms with Gasteiger partial charge in [-0.1, -0.05) is 18.2 Å². The SMILES string of the molecule is O=C1NC[C@@H](C(=O)NCc2ccccc2-n2cccn2)N1. The molecule has 0 bridgehead atoms. The third-order valence-corrected chi connectivity index (χ3v) is 3.28. The van der Waals surface area contributed by atoms with Crippen molar-refractivity contribution in [3.63, 3.8) is 0 Å². The monoisotopic (exact) mass is 285 g/mol. The van der Waals surface area contributed by atoms with Crippen LogP contribution in [0, 0.1) is 0 Å². The number of nitrogens with zero attached hydrogens (tertiary/aromatic N) is 2. The summed E-state index contributed by atoms with van der Waals surface area (Å²) in [6.07, 6.45) is 3.55. The van der Waals surface area contributed by atoms with E-state index in [2.05, 4.69) is 21.0 Å². The second kappa shape index (κ2) is 5.66. The highest BCUT2D eigenvalue weighted by Crippen LogP contribution is 2.13. The molecule has 1 saturated heterocycles. The second-order valence-corrected chi connectivity index (χ2v) is 4.70. The third kappa shape index (κ3) is 2.86. The molecular formula is C14H15N5O2. The summed E-state index contributed by atoms with van der Waals surface area (Å²) in [5.74, 6) is -0.205. The number of hydrogen-bond donors (Lipinski definition) is 3. The molecule has 2 aromatic rings. The van der Waals surface area contributed by atoms with Crippen molar-refractivity contribution in [1.82, 2.24) is 25.7 Å². The first-order valence-corrected chi connectivity index (χ1v) is 6.64. The van der Waals surface area contributed by atoms with Gasteiger partial charge in [-0.3, -0.25) is 4.79 Å². The number of benzene rings is 1. The number of rotatable bonds is 4. The Labute approximate surface area is 121 Å². The van der Waals surface area contributed by atoms with Crippen molar-refractivity contribution in [3.05, 3.63) is 48.3 Å². The van der Waals surface area contributed by atoms with Crippen LogP contribution in [0.15, 0.2) is 42.7 Å². The van der Waals surface area contributed by atoms with E-state index in [1.54, 1.807) is 10.9 Å². The smallest absolute Gasteiger partial charge is 0.315 e. The van der Waals surface area contributed by atoms with Gasteiger partial charge in [0.25, 0.3) is 0 Å². The van der Waals surface area contributed by atoms with E-state index < -0.39 is 6.04 Å². The van der Waals surface area contributed by atoms with Gasteiger partial charge in [0.1, 0.15) is 6.04 Å². The maximum absolute atomic E-state index is 12.0. The van der Waals surface area contributed by atoms with Crippen LogP contribution in [0.25, 0.3) is 5.69 Å². The minimum atomic E-state index is -0.519. The summed E-state index contributed by atoms with van der Waals surface area (Å²) < 4.78 is 1.75. The maximum atomic E-state index is 12.0. The summed E-state index contributed by atoms with van der Waals surface area (Å²) in [5.41, 5.74) is 1.86. The Hall–Kier alpha value is -2.83. The van der Waals surface area contributed by atoms with Gasteiger partial charge in [0.15, 0.2) is 0 Å². The molecule has 2 heterocycles. The molecule has 1 aliphatic rings. The normalized spacial score (nSPS) is 17.1. The number of para-hydroxylation sites is 1. The van der Waals surface area contributed by atoms with E-state index in [9.17, 15) is 9.59 Å². The van der Waals surface area contributed by atoms with Gasteiger partial charge in [-0.05, 0) is 17.7 Å². The summed E-state index contributed by atoms with van der Waals surface area (Å²) in [4.78, 5) is 23.0. The van der Waals surface area contributed by atoms with E-state index in [-0.39, 0.29) is 11.9 Å². The van der Waals surface area contributed by atoms with Gasteiger partial charge < -0.3 is 16.0 Å². The van der Waals surface area contributed by atoms with Crippen LogP contribution >= 0.6 is 0 Å². The fraction of sp³-hybridized carbons (Fsp3) is 0.214. The van der Waals surface area contributed by atoms with Gasteiger partial charge in [0.2, 0.25) is 5.91 Å². The summed E-state index contributed by atoms with van der Waals surface area (Å²) >= 11 is 0. The molecule has 21 heavy (non-hydrogen) atoms. The molecule has 3 amide bonds. The first-order chi connectivity index (χ1) is 10.2. The topological polar surface area (TPSA) is 88.1 Å². The van der Waals surface area contributed by atoms with Crippen molar-refractivity contribution in [2.75, 3.05) is 6.54 Å². The van der Waals surface area contributed by atoms with Crippen molar-refractivity contribution >= 4 is 11.9 Å². The molecule has 0 spiro atoms. The van der Waals surface area contributed by atoms with E-state index in [0.29, 0.717) is 13.1 Å². The van der Waals surface area contributed by atoms with E-state index in [1.165, 1.54) is 0 Å². The largest absolute Gasteiger partial charge is 0.350 e. The second-order valence-electron chi connectivity index (χ2n) is 4.70. The molecule has 1 aromatic heterocycles. The van der Waals surface area contributed by atoms with Crippen LogP contribution in [-0.2, 0) is 11.3 Å². The van der Waals surface area contributed by atoms with E-state index in [1.807, 2.05) is 36.5 Å². The lowest BCUT2D eigenvalue weighted by atomic mass is 10.1. The van der Waals surface area contributed by atoms with Gasteiger partial charge in [-0.25, -0.2) is 9.48 Å². The van der Waals surface area contributed by atoms with Crippen molar-refractivity contribution in [1.29, 1.82) is 0 Å². The molecule has 3 N–H and O–H groups in total. The number of aromatic nitrogens is 2. The minimum Gasteiger partial charge on any atom is -0.350 e. The molecule has 1 aliphatic heterocycles. The summed E-state index contributed by atoms with van der Waals surface area (Å²) in [6, 6.07) is 8.71. The first-order valence-electron chi connectivity index (χ1n) is 6.64. The zero-order valence-electron chi connectivity index (χ0n) is 11.2. The van der Waals surface area contributed by atoms with Gasteiger partial charge >= 0.3 is 6.03 Å². The summed E-state index contributed by atoms with van der Waals surface area (Å²) in [7, 11) is 0. The van der Waals surface area contributed by atoms with Crippen LogP contribution < -0.4 is 16.0 Å². The molecule has 0 unspecified atom stereocenters. The Bertz CT molecular complexity index is 653. The molecule has 3 rings (SSSR count). The van der Waals surface area contributed by atoms with Gasteiger partial charge in [-0.2, -0.15) is 5.10 Å². The predicted octanol–water partition coefficient (Wildman–Crippen LogP) is 0.170. The first kappa shape index (κ1) is 13.2. The number of carbonyl (C=O) groups is 2. The van der Waals surface area contributed by atoms with Gasteiger partial charge in [0, 0.05) is 25.5 Å². The molecule has 1 atom stereocenters. The van der Waals surface area contributed by atoms with Crippen LogP contribution in [0.4, 0.5) is 4.79 Å². The van der Waals surface area contributed by atoms with Gasteiger partial charge in [-0.15, -0.1) is 0 Å². The Morgan fingerprint density at radius 1 is 1.38 bits per heavy atom. The van der Waals surface area contributed by atoms with Crippen LogP contribution in [0.2, 0.25) is 0 Å². The van der Waals surface area contributed by atoms with Crippen molar-refractivity contribution in [2.45, 2.75) is 12.6 Å². The minimum absolute atomic E-state index is 0.205. The highest BCUT2D eigenvalue weighted by atomic mass is 16.2. The molecule has 1 aromatic carbocycles. The molecule has 7 nitrogen and oxygen atoms in total. The quantitative estimate of drug-likeness (QED) is 0.748. The predicted molar refractivity (Wildman–Crippen MR) is 75.7 cm³/mol. The lowest BCUT2D eigenvalue weighted by molar-refractivity contribution is -0.122. The molecule has 0 aliphatic carbocycles. The Balaban J connectivity index is 1.68. The average molecular weight is 285 g/mol. The van der Waals surface area contributed by atoms with E-state index >= 15 is 0 Å². The number of amides is 3. The molecule has 0 radical (unpaired) electrons. The third-order valence-electron chi connectivity index (χ3n) is 3.28. The number of nitrogens with one attached hydrogen (secondary N) is 3. The van der Waals surface area contributed by atoms with E-state index in [0.717, 1.165) is 11.3 Å².